The Balaban J connectivity index is 2.66. The molecule has 0 unspecified atom stereocenters. The molecule has 1 aromatic carbocycles. The van der Waals surface area contributed by atoms with Gasteiger partial charge >= 0.3 is 0 Å². The first-order valence-corrected chi connectivity index (χ1v) is 7.66. The van der Waals surface area contributed by atoms with Gasteiger partial charge in [0.1, 0.15) is 5.78 Å². The third-order valence-corrected chi connectivity index (χ3v) is 4.88. The Labute approximate surface area is 136 Å². The van der Waals surface area contributed by atoms with Gasteiger partial charge in [0.2, 0.25) is 0 Å². The molecule has 106 valence electrons. The van der Waals surface area contributed by atoms with E-state index in [2.05, 4.69) is 15.9 Å². The third-order valence-electron chi connectivity index (χ3n) is 3.28. The van der Waals surface area contributed by atoms with Gasteiger partial charge in [-0.3, -0.25) is 4.79 Å². The summed E-state index contributed by atoms with van der Waals surface area (Å²) in [6.07, 6.45) is 0.392. The Kier molecular flexibility index (Phi) is 4.62. The van der Waals surface area contributed by atoms with Crippen molar-refractivity contribution >= 4 is 44.9 Å². The molecule has 0 N–H and O–H groups in total. The normalized spacial score (nSPS) is 10.9. The Hall–Kier alpha value is -0.770. The standard InChI is InChI=1S/C15H14BrCl2NO/c1-8(20)6-13-14(16)9(2)15(19(13)3)11-5-4-10(17)7-12(11)18/h4-5,7H,6H2,1-3H3. The second-order valence-corrected chi connectivity index (χ2v) is 6.43. The van der Waals surface area contributed by atoms with E-state index in [0.717, 1.165) is 27.0 Å². The van der Waals surface area contributed by atoms with Crippen molar-refractivity contribution in [2.75, 3.05) is 0 Å². The zero-order valence-electron chi connectivity index (χ0n) is 11.4. The first kappa shape index (κ1) is 15.6. The van der Waals surface area contributed by atoms with Crippen LogP contribution in [0.4, 0.5) is 0 Å². The summed E-state index contributed by atoms with van der Waals surface area (Å²) in [6, 6.07) is 5.44. The van der Waals surface area contributed by atoms with Crippen LogP contribution in [-0.2, 0) is 18.3 Å². The summed E-state index contributed by atoms with van der Waals surface area (Å²) in [4.78, 5) is 11.4. The molecule has 20 heavy (non-hydrogen) atoms. The van der Waals surface area contributed by atoms with Gasteiger partial charge in [-0.2, -0.15) is 0 Å². The number of aromatic nitrogens is 1. The number of carbonyl (C=O) groups excluding carboxylic acids is 1. The molecule has 0 fully saturated rings. The van der Waals surface area contributed by atoms with E-state index in [1.165, 1.54) is 0 Å². The summed E-state index contributed by atoms with van der Waals surface area (Å²) in [5.41, 5.74) is 3.92. The number of nitrogens with zero attached hydrogens (tertiary/aromatic N) is 1. The molecule has 2 aromatic rings. The van der Waals surface area contributed by atoms with Crippen molar-refractivity contribution in [1.29, 1.82) is 0 Å². The van der Waals surface area contributed by atoms with Crippen LogP contribution in [0.3, 0.4) is 0 Å². The maximum atomic E-state index is 11.4. The van der Waals surface area contributed by atoms with Crippen LogP contribution >= 0.6 is 39.1 Å². The molecule has 1 heterocycles. The summed E-state index contributed by atoms with van der Waals surface area (Å²) < 4.78 is 2.96. The molecule has 0 saturated heterocycles. The predicted molar refractivity (Wildman–Crippen MR) is 87.7 cm³/mol. The van der Waals surface area contributed by atoms with E-state index in [1.54, 1.807) is 13.0 Å². The zero-order chi connectivity index (χ0) is 15.0. The minimum Gasteiger partial charge on any atom is -0.346 e. The molecule has 2 rings (SSSR count). The maximum absolute atomic E-state index is 11.4. The summed E-state index contributed by atoms with van der Waals surface area (Å²) >= 11 is 15.8. The van der Waals surface area contributed by atoms with Crippen LogP contribution in [0.15, 0.2) is 22.7 Å². The van der Waals surface area contributed by atoms with Gasteiger partial charge in [-0.25, -0.2) is 0 Å². The quantitative estimate of drug-likeness (QED) is 0.723. The van der Waals surface area contributed by atoms with Crippen LogP contribution in [0.1, 0.15) is 18.2 Å². The zero-order valence-corrected chi connectivity index (χ0v) is 14.5. The van der Waals surface area contributed by atoms with E-state index in [9.17, 15) is 4.79 Å². The maximum Gasteiger partial charge on any atom is 0.135 e. The van der Waals surface area contributed by atoms with E-state index in [-0.39, 0.29) is 5.78 Å². The highest BCUT2D eigenvalue weighted by atomic mass is 79.9. The van der Waals surface area contributed by atoms with Crippen molar-refractivity contribution in [2.24, 2.45) is 7.05 Å². The fourth-order valence-electron chi connectivity index (χ4n) is 2.35. The number of hydrogen-bond donors (Lipinski definition) is 0. The number of benzene rings is 1. The molecule has 0 radical (unpaired) electrons. The lowest BCUT2D eigenvalue weighted by Crippen LogP contribution is -2.04. The van der Waals surface area contributed by atoms with Gasteiger partial charge in [-0.15, -0.1) is 0 Å². The average molecular weight is 375 g/mol. The third kappa shape index (κ3) is 2.80. The molecular weight excluding hydrogens is 361 g/mol. The summed E-state index contributed by atoms with van der Waals surface area (Å²) in [7, 11) is 1.94. The van der Waals surface area contributed by atoms with Crippen LogP contribution < -0.4 is 0 Å². The predicted octanol–water partition coefficient (Wildman–Crippen LogP) is 5.20. The Morgan fingerprint density at radius 1 is 1.35 bits per heavy atom. The molecule has 0 amide bonds. The number of ketones is 1. The minimum atomic E-state index is 0.125. The van der Waals surface area contributed by atoms with Crippen LogP contribution in [0.25, 0.3) is 11.3 Å². The van der Waals surface area contributed by atoms with Crippen LogP contribution in [0, 0.1) is 6.92 Å². The smallest absolute Gasteiger partial charge is 0.135 e. The van der Waals surface area contributed by atoms with Crippen LogP contribution in [0.2, 0.25) is 10.0 Å². The Morgan fingerprint density at radius 2 is 2.00 bits per heavy atom. The highest BCUT2D eigenvalue weighted by molar-refractivity contribution is 9.10. The number of rotatable bonds is 3. The molecule has 0 aliphatic heterocycles. The SMILES string of the molecule is CC(=O)Cc1c(Br)c(C)c(-c2ccc(Cl)cc2Cl)n1C. The lowest BCUT2D eigenvalue weighted by molar-refractivity contribution is -0.116. The number of halogens is 3. The largest absolute Gasteiger partial charge is 0.346 e. The van der Waals surface area contributed by atoms with Crippen molar-refractivity contribution in [2.45, 2.75) is 20.3 Å². The van der Waals surface area contributed by atoms with Gasteiger partial charge in [0.05, 0.1) is 10.7 Å². The summed E-state index contributed by atoms with van der Waals surface area (Å²) in [6.45, 7) is 3.59. The number of hydrogen-bond acceptors (Lipinski definition) is 1. The van der Waals surface area contributed by atoms with E-state index < -0.39 is 0 Å². The fraction of sp³-hybridized carbons (Fsp3) is 0.267. The van der Waals surface area contributed by atoms with E-state index in [0.29, 0.717) is 16.5 Å². The summed E-state index contributed by atoms with van der Waals surface area (Å²) in [5, 5.41) is 1.21. The molecule has 0 saturated carbocycles. The lowest BCUT2D eigenvalue weighted by Gasteiger charge is -2.10. The molecule has 2 nitrogen and oxygen atoms in total. The molecule has 0 aliphatic carbocycles. The molecular formula is C15H14BrCl2NO. The van der Waals surface area contributed by atoms with Crippen LogP contribution in [0.5, 0.6) is 0 Å². The molecule has 0 atom stereocenters. The van der Waals surface area contributed by atoms with E-state index in [1.807, 2.05) is 30.7 Å². The monoisotopic (exact) mass is 373 g/mol. The average Bonchev–Trinajstić information content (AvgIpc) is 2.55. The number of Topliss-reactive ketones (excluding diaryl/α,β-unsaturated/α-hetero) is 1. The summed E-state index contributed by atoms with van der Waals surface area (Å²) in [5.74, 6) is 0.125. The van der Waals surface area contributed by atoms with E-state index in [4.69, 9.17) is 23.2 Å². The van der Waals surface area contributed by atoms with Crippen molar-refractivity contribution < 1.29 is 4.79 Å². The lowest BCUT2D eigenvalue weighted by atomic mass is 10.1. The van der Waals surface area contributed by atoms with Crippen LogP contribution in [-0.4, -0.2) is 10.4 Å². The second-order valence-electron chi connectivity index (χ2n) is 4.80. The number of carbonyl (C=O) groups is 1. The molecule has 1 aromatic heterocycles. The van der Waals surface area contributed by atoms with Crippen molar-refractivity contribution in [3.8, 4) is 11.3 Å². The van der Waals surface area contributed by atoms with Gasteiger partial charge in [0.25, 0.3) is 0 Å². The van der Waals surface area contributed by atoms with Gasteiger partial charge in [0.15, 0.2) is 0 Å². The van der Waals surface area contributed by atoms with Crippen molar-refractivity contribution in [3.63, 3.8) is 0 Å². The minimum absolute atomic E-state index is 0.125. The van der Waals surface area contributed by atoms with Crippen molar-refractivity contribution in [3.05, 3.63) is 44.0 Å². The fourth-order valence-corrected chi connectivity index (χ4v) is 3.44. The highest BCUT2D eigenvalue weighted by Crippen LogP contribution is 2.38. The Morgan fingerprint density at radius 3 is 2.55 bits per heavy atom. The first-order valence-electron chi connectivity index (χ1n) is 6.11. The van der Waals surface area contributed by atoms with Gasteiger partial charge in [-0.1, -0.05) is 23.2 Å². The molecule has 0 spiro atoms. The highest BCUT2D eigenvalue weighted by Gasteiger charge is 2.20. The molecule has 0 aliphatic rings. The van der Waals surface area contributed by atoms with Gasteiger partial charge in [-0.05, 0) is 53.5 Å². The van der Waals surface area contributed by atoms with Gasteiger partial charge in [0, 0.05) is 34.2 Å². The second kappa shape index (κ2) is 5.92. The molecule has 0 bridgehead atoms. The van der Waals surface area contributed by atoms with E-state index >= 15 is 0 Å². The Bertz CT molecular complexity index is 692. The van der Waals surface area contributed by atoms with Gasteiger partial charge < -0.3 is 4.57 Å². The van der Waals surface area contributed by atoms with Crippen molar-refractivity contribution in [1.82, 2.24) is 4.57 Å². The first-order chi connectivity index (χ1) is 9.32. The topological polar surface area (TPSA) is 22.0 Å². The molecule has 5 heteroatoms.